The van der Waals surface area contributed by atoms with Gasteiger partial charge in [0.15, 0.2) is 0 Å². The van der Waals surface area contributed by atoms with Crippen molar-refractivity contribution < 1.29 is 12.8 Å². The van der Waals surface area contributed by atoms with Gasteiger partial charge in [0, 0.05) is 10.4 Å². The zero-order chi connectivity index (χ0) is 15.6. The summed E-state index contributed by atoms with van der Waals surface area (Å²) in [5.74, 6) is -0.646. The summed E-state index contributed by atoms with van der Waals surface area (Å²) < 4.78 is 40.7. The number of benzene rings is 1. The minimum atomic E-state index is -3.78. The van der Waals surface area contributed by atoms with Gasteiger partial charge >= 0.3 is 0 Å². The second-order valence-corrected chi connectivity index (χ2v) is 7.50. The van der Waals surface area contributed by atoms with Gasteiger partial charge in [0.25, 0.3) is 0 Å². The maximum atomic E-state index is 13.5. The number of hydrogen-bond acceptors (Lipinski definition) is 4. The molecule has 0 saturated heterocycles. The Morgan fingerprint density at radius 1 is 1.43 bits per heavy atom. The van der Waals surface area contributed by atoms with Crippen LogP contribution in [-0.4, -0.2) is 13.4 Å². The third kappa shape index (κ3) is 3.65. The average molecular weight is 344 g/mol. The van der Waals surface area contributed by atoms with E-state index < -0.39 is 15.8 Å². The summed E-state index contributed by atoms with van der Waals surface area (Å²) in [6.45, 7) is 1.74. The third-order valence-electron chi connectivity index (χ3n) is 2.82. The van der Waals surface area contributed by atoms with Gasteiger partial charge in [-0.2, -0.15) is 0 Å². The Morgan fingerprint density at radius 2 is 2.14 bits per heavy atom. The molecular weight excluding hydrogens is 331 g/mol. The Balaban J connectivity index is 2.32. The normalized spacial score (nSPS) is 13.0. The van der Waals surface area contributed by atoms with Gasteiger partial charge < -0.3 is 5.73 Å². The minimum Gasteiger partial charge on any atom is -0.389 e. The van der Waals surface area contributed by atoms with Crippen molar-refractivity contribution in [2.24, 2.45) is 5.73 Å². The van der Waals surface area contributed by atoms with Crippen LogP contribution in [0, 0.1) is 5.82 Å². The Morgan fingerprint density at radius 3 is 2.71 bits per heavy atom. The van der Waals surface area contributed by atoms with Crippen LogP contribution >= 0.6 is 23.6 Å². The molecule has 1 heterocycles. The Bertz CT molecular complexity index is 758. The molecule has 0 amide bonds. The molecule has 112 valence electrons. The smallest absolute Gasteiger partial charge is 0.241 e. The van der Waals surface area contributed by atoms with Crippen LogP contribution in [-0.2, 0) is 10.0 Å². The first-order valence-corrected chi connectivity index (χ1v) is 8.73. The summed E-state index contributed by atoms with van der Waals surface area (Å²) in [5, 5.41) is 1.86. The Hall–Kier alpha value is -1.35. The second-order valence-electron chi connectivity index (χ2n) is 4.36. The van der Waals surface area contributed by atoms with Crippen molar-refractivity contribution in [1.29, 1.82) is 0 Å². The molecule has 0 bridgehead atoms. The van der Waals surface area contributed by atoms with Crippen LogP contribution in [0.4, 0.5) is 4.39 Å². The Kier molecular flexibility index (Phi) is 4.72. The molecule has 21 heavy (non-hydrogen) atoms. The molecule has 0 aliphatic carbocycles. The van der Waals surface area contributed by atoms with Crippen LogP contribution in [0.5, 0.6) is 0 Å². The van der Waals surface area contributed by atoms with Gasteiger partial charge in [0.1, 0.15) is 10.8 Å². The summed E-state index contributed by atoms with van der Waals surface area (Å²) >= 11 is 6.16. The fraction of sp³-hybridized carbons (Fsp3) is 0.154. The number of nitrogens with one attached hydrogen (secondary N) is 1. The van der Waals surface area contributed by atoms with Gasteiger partial charge in [-0.1, -0.05) is 18.3 Å². The van der Waals surface area contributed by atoms with Gasteiger partial charge in [-0.15, -0.1) is 11.3 Å². The van der Waals surface area contributed by atoms with E-state index in [4.69, 9.17) is 18.0 Å². The fourth-order valence-electron chi connectivity index (χ4n) is 1.76. The lowest BCUT2D eigenvalue weighted by molar-refractivity contribution is 0.567. The van der Waals surface area contributed by atoms with Crippen LogP contribution in [0.3, 0.4) is 0 Å². The van der Waals surface area contributed by atoms with Crippen molar-refractivity contribution in [3.8, 4) is 0 Å². The van der Waals surface area contributed by atoms with E-state index in [0.29, 0.717) is 0 Å². The molecule has 8 heteroatoms. The average Bonchev–Trinajstić information content (AvgIpc) is 2.92. The van der Waals surface area contributed by atoms with Gasteiger partial charge in [-0.25, -0.2) is 17.5 Å². The molecule has 1 unspecified atom stereocenters. The predicted octanol–water partition coefficient (Wildman–Crippen LogP) is 2.56. The molecule has 0 aliphatic rings. The van der Waals surface area contributed by atoms with E-state index in [1.807, 2.05) is 17.5 Å². The van der Waals surface area contributed by atoms with Crippen LogP contribution in [0.15, 0.2) is 40.6 Å². The number of halogens is 1. The molecule has 0 saturated carbocycles. The molecule has 1 aromatic heterocycles. The Labute approximate surface area is 131 Å². The molecule has 1 atom stereocenters. The largest absolute Gasteiger partial charge is 0.389 e. The zero-order valence-corrected chi connectivity index (χ0v) is 13.5. The maximum absolute atomic E-state index is 13.5. The molecule has 4 nitrogen and oxygen atoms in total. The van der Waals surface area contributed by atoms with E-state index in [1.54, 1.807) is 6.92 Å². The highest BCUT2D eigenvalue weighted by Gasteiger charge is 2.20. The highest BCUT2D eigenvalue weighted by molar-refractivity contribution is 7.89. The maximum Gasteiger partial charge on any atom is 0.241 e. The number of hydrogen-bond donors (Lipinski definition) is 2. The van der Waals surface area contributed by atoms with Gasteiger partial charge in [-0.05, 0) is 36.6 Å². The van der Waals surface area contributed by atoms with E-state index in [1.165, 1.54) is 17.4 Å². The molecule has 1 aromatic carbocycles. The number of thiocarbonyl (C=S) groups is 1. The molecule has 0 radical (unpaired) electrons. The van der Waals surface area contributed by atoms with Crippen LogP contribution in [0.2, 0.25) is 0 Å². The quantitative estimate of drug-likeness (QED) is 0.818. The van der Waals surface area contributed by atoms with E-state index >= 15 is 0 Å². The molecule has 2 rings (SSSR count). The van der Waals surface area contributed by atoms with Crippen molar-refractivity contribution >= 4 is 38.6 Å². The van der Waals surface area contributed by atoms with Crippen molar-refractivity contribution in [2.75, 3.05) is 0 Å². The van der Waals surface area contributed by atoms with Crippen LogP contribution in [0.25, 0.3) is 0 Å². The van der Waals surface area contributed by atoms with E-state index in [0.717, 1.165) is 17.0 Å². The van der Waals surface area contributed by atoms with Crippen molar-refractivity contribution in [1.82, 2.24) is 4.72 Å². The first-order valence-electron chi connectivity index (χ1n) is 5.96. The van der Waals surface area contributed by atoms with Gasteiger partial charge in [0.2, 0.25) is 10.0 Å². The van der Waals surface area contributed by atoms with Crippen LogP contribution in [0.1, 0.15) is 23.4 Å². The highest BCUT2D eigenvalue weighted by Crippen LogP contribution is 2.22. The third-order valence-corrected chi connectivity index (χ3v) is 5.63. The summed E-state index contributed by atoms with van der Waals surface area (Å²) in [4.78, 5) is 0.626. The molecule has 0 fully saturated rings. The molecule has 3 N–H and O–H groups in total. The molecule has 0 aliphatic heterocycles. The van der Waals surface area contributed by atoms with E-state index in [2.05, 4.69) is 4.72 Å². The lowest BCUT2D eigenvalue weighted by Gasteiger charge is -2.13. The van der Waals surface area contributed by atoms with Gasteiger partial charge in [0.05, 0.1) is 10.9 Å². The molecule has 2 aromatic rings. The zero-order valence-electron chi connectivity index (χ0n) is 11.0. The highest BCUT2D eigenvalue weighted by atomic mass is 32.2. The van der Waals surface area contributed by atoms with E-state index in [9.17, 15) is 12.8 Å². The van der Waals surface area contributed by atoms with Gasteiger partial charge in [-0.3, -0.25) is 0 Å². The fourth-order valence-corrected chi connectivity index (χ4v) is 3.97. The van der Waals surface area contributed by atoms with Crippen molar-refractivity contribution in [2.45, 2.75) is 17.9 Å². The molecule has 0 spiro atoms. The molecular formula is C13H13FN2O2S3. The lowest BCUT2D eigenvalue weighted by Crippen LogP contribution is -2.27. The summed E-state index contributed by atoms with van der Waals surface area (Å²) in [7, 11) is -3.78. The summed E-state index contributed by atoms with van der Waals surface area (Å²) in [5.41, 5.74) is 5.30. The first-order chi connectivity index (χ1) is 9.81. The number of nitrogens with two attached hydrogens (primary N) is 1. The van der Waals surface area contributed by atoms with E-state index in [-0.39, 0.29) is 21.5 Å². The minimum absolute atomic E-state index is 0.0740. The van der Waals surface area contributed by atoms with Crippen molar-refractivity contribution in [3.63, 3.8) is 0 Å². The first kappa shape index (κ1) is 16.0. The topological polar surface area (TPSA) is 72.2 Å². The number of rotatable bonds is 5. The van der Waals surface area contributed by atoms with Crippen molar-refractivity contribution in [3.05, 3.63) is 52.0 Å². The second kappa shape index (κ2) is 6.18. The summed E-state index contributed by atoms with van der Waals surface area (Å²) in [6, 6.07) is 6.66. The predicted molar refractivity (Wildman–Crippen MR) is 85.3 cm³/mol. The monoisotopic (exact) mass is 344 g/mol. The SMILES string of the molecule is CC(NS(=O)(=O)c1ccc(F)c(C(N)=S)c1)c1cccs1. The lowest BCUT2D eigenvalue weighted by atomic mass is 10.2. The number of sulfonamides is 1. The van der Waals surface area contributed by atoms with Crippen LogP contribution < -0.4 is 10.5 Å². The summed E-state index contributed by atoms with van der Waals surface area (Å²) in [6.07, 6.45) is 0. The standard InChI is InChI=1S/C13H13FN2O2S3/c1-8(12-3-2-6-20-12)16-21(17,18)9-4-5-11(14)10(7-9)13(15)19/h2-8,16H,1H3,(H2,15,19). The number of thiophene rings is 1.